The second-order valence-corrected chi connectivity index (χ2v) is 5.11. The van der Waals surface area contributed by atoms with E-state index in [1.54, 1.807) is 6.92 Å². The van der Waals surface area contributed by atoms with E-state index in [9.17, 15) is 18.4 Å². The van der Waals surface area contributed by atoms with Crippen LogP contribution in [0, 0.1) is 11.6 Å². The number of hydrogen-bond donors (Lipinski definition) is 2. The minimum absolute atomic E-state index is 0.00520. The van der Waals surface area contributed by atoms with Gasteiger partial charge in [-0.3, -0.25) is 9.59 Å². The Hall–Kier alpha value is -1.67. The van der Waals surface area contributed by atoms with Gasteiger partial charge in [0.2, 0.25) is 5.91 Å². The van der Waals surface area contributed by atoms with Crippen LogP contribution in [-0.4, -0.2) is 36.0 Å². The van der Waals surface area contributed by atoms with Crippen molar-refractivity contribution >= 4 is 29.3 Å². The molecule has 0 saturated carbocycles. The molecule has 0 spiro atoms. The van der Waals surface area contributed by atoms with E-state index >= 15 is 0 Å². The molecule has 1 aromatic carbocycles. The van der Waals surface area contributed by atoms with E-state index in [1.165, 1.54) is 0 Å². The van der Waals surface area contributed by atoms with Crippen molar-refractivity contribution in [3.05, 3.63) is 29.8 Å². The van der Waals surface area contributed by atoms with Gasteiger partial charge in [0, 0.05) is 17.5 Å². The molecule has 0 aliphatic rings. The van der Waals surface area contributed by atoms with Crippen LogP contribution >= 0.6 is 11.8 Å². The highest BCUT2D eigenvalue weighted by molar-refractivity contribution is 8.00. The molecule has 1 aromatic rings. The van der Waals surface area contributed by atoms with Crippen LogP contribution in [0.1, 0.15) is 6.92 Å². The molecule has 0 aliphatic heterocycles. The lowest BCUT2D eigenvalue weighted by atomic mass is 10.3. The van der Waals surface area contributed by atoms with Gasteiger partial charge in [-0.1, -0.05) is 0 Å². The summed E-state index contributed by atoms with van der Waals surface area (Å²) >= 11 is 1.13. The first kappa shape index (κ1) is 17.4. The fraction of sp³-hybridized carbons (Fsp3) is 0.385. The molecule has 0 bridgehead atoms. The summed E-state index contributed by atoms with van der Waals surface area (Å²) < 4.78 is 30.6. The quantitative estimate of drug-likeness (QED) is 0.745. The Morgan fingerprint density at radius 2 is 1.95 bits per heavy atom. The second-order valence-electron chi connectivity index (χ2n) is 4.08. The minimum Gasteiger partial charge on any atom is -0.465 e. The van der Waals surface area contributed by atoms with Crippen LogP contribution < -0.4 is 11.1 Å². The van der Waals surface area contributed by atoms with Crippen molar-refractivity contribution in [2.45, 2.75) is 13.0 Å². The highest BCUT2D eigenvalue weighted by atomic mass is 32.2. The van der Waals surface area contributed by atoms with Gasteiger partial charge in [-0.05, 0) is 19.1 Å². The standard InChI is InChI=1S/C13H16F2N2O3S/c1-2-20-13(19)11(16)6-21-7-12(18)17-10-4-8(14)3-9(15)5-10/h3-5,11H,2,6-7,16H2,1H3,(H,17,18). The predicted octanol–water partition coefficient (Wildman–Crippen LogP) is 1.53. The Morgan fingerprint density at radius 3 is 2.52 bits per heavy atom. The van der Waals surface area contributed by atoms with Gasteiger partial charge in [-0.15, -0.1) is 11.8 Å². The maximum atomic E-state index is 12.9. The van der Waals surface area contributed by atoms with Crippen molar-refractivity contribution in [2.24, 2.45) is 5.73 Å². The molecular weight excluding hydrogens is 302 g/mol. The Bertz CT molecular complexity index is 494. The number of nitrogens with one attached hydrogen (secondary N) is 1. The van der Waals surface area contributed by atoms with Gasteiger partial charge in [0.05, 0.1) is 12.4 Å². The first-order valence-corrected chi connectivity index (χ1v) is 7.33. The van der Waals surface area contributed by atoms with E-state index in [1.807, 2.05) is 0 Å². The minimum atomic E-state index is -0.811. The number of rotatable bonds is 7. The molecule has 0 aromatic heterocycles. The lowest BCUT2D eigenvalue weighted by molar-refractivity contribution is -0.144. The van der Waals surface area contributed by atoms with E-state index in [-0.39, 0.29) is 23.8 Å². The van der Waals surface area contributed by atoms with Crippen molar-refractivity contribution < 1.29 is 23.1 Å². The summed E-state index contributed by atoms with van der Waals surface area (Å²) in [4.78, 5) is 22.8. The fourth-order valence-electron chi connectivity index (χ4n) is 1.42. The zero-order chi connectivity index (χ0) is 15.8. The van der Waals surface area contributed by atoms with Gasteiger partial charge in [-0.25, -0.2) is 8.78 Å². The van der Waals surface area contributed by atoms with E-state index in [0.717, 1.165) is 23.9 Å². The summed E-state index contributed by atoms with van der Waals surface area (Å²) in [5, 5.41) is 2.35. The molecule has 1 unspecified atom stereocenters. The molecule has 3 N–H and O–H groups in total. The largest absolute Gasteiger partial charge is 0.465 e. The fourth-order valence-corrected chi connectivity index (χ4v) is 2.18. The monoisotopic (exact) mass is 318 g/mol. The first-order chi connectivity index (χ1) is 9.92. The number of thioether (sulfide) groups is 1. The molecule has 1 rings (SSSR count). The SMILES string of the molecule is CCOC(=O)C(N)CSCC(=O)Nc1cc(F)cc(F)c1. The van der Waals surface area contributed by atoms with Gasteiger partial charge in [0.25, 0.3) is 0 Å². The summed E-state index contributed by atoms with van der Waals surface area (Å²) in [6, 6.07) is 1.92. The average Bonchev–Trinajstić information content (AvgIpc) is 2.37. The Balaban J connectivity index is 2.36. The van der Waals surface area contributed by atoms with Crippen molar-refractivity contribution in [1.29, 1.82) is 0 Å². The number of carbonyl (C=O) groups excluding carboxylic acids is 2. The highest BCUT2D eigenvalue weighted by Gasteiger charge is 2.15. The molecule has 1 amide bonds. The van der Waals surface area contributed by atoms with Crippen molar-refractivity contribution in [1.82, 2.24) is 0 Å². The third kappa shape index (κ3) is 6.54. The number of halogens is 2. The number of esters is 1. The molecule has 0 radical (unpaired) electrons. The van der Waals surface area contributed by atoms with Gasteiger partial charge < -0.3 is 15.8 Å². The molecular formula is C13H16F2N2O3S. The lowest BCUT2D eigenvalue weighted by Gasteiger charge is -2.10. The van der Waals surface area contributed by atoms with Crippen molar-refractivity contribution in [3.63, 3.8) is 0 Å². The maximum absolute atomic E-state index is 12.9. The van der Waals surface area contributed by atoms with Crippen LogP contribution in [0.2, 0.25) is 0 Å². The number of amides is 1. The van der Waals surface area contributed by atoms with E-state index < -0.39 is 29.6 Å². The highest BCUT2D eigenvalue weighted by Crippen LogP contribution is 2.13. The molecule has 21 heavy (non-hydrogen) atoms. The van der Waals surface area contributed by atoms with Gasteiger partial charge in [0.1, 0.15) is 17.7 Å². The van der Waals surface area contributed by atoms with E-state index in [2.05, 4.69) is 5.32 Å². The third-order valence-electron chi connectivity index (χ3n) is 2.27. The molecule has 0 fully saturated rings. The van der Waals surface area contributed by atoms with E-state index in [4.69, 9.17) is 10.5 Å². The average molecular weight is 318 g/mol. The van der Waals surface area contributed by atoms with E-state index in [0.29, 0.717) is 6.07 Å². The molecule has 0 heterocycles. The van der Waals surface area contributed by atoms with Gasteiger partial charge >= 0.3 is 5.97 Å². The Kier molecular flexibility index (Phi) is 7.10. The summed E-state index contributed by atoms with van der Waals surface area (Å²) in [6.07, 6.45) is 0. The smallest absolute Gasteiger partial charge is 0.323 e. The van der Waals surface area contributed by atoms with Crippen molar-refractivity contribution in [3.8, 4) is 0 Å². The van der Waals surface area contributed by atoms with Crippen molar-refractivity contribution in [2.75, 3.05) is 23.4 Å². The number of anilines is 1. The molecule has 0 aliphatic carbocycles. The number of hydrogen-bond acceptors (Lipinski definition) is 5. The lowest BCUT2D eigenvalue weighted by Crippen LogP contribution is -2.35. The zero-order valence-corrected chi connectivity index (χ0v) is 12.2. The number of nitrogens with two attached hydrogens (primary N) is 1. The molecule has 0 saturated heterocycles. The van der Waals surface area contributed by atoms with Crippen LogP contribution in [0.5, 0.6) is 0 Å². The van der Waals surface area contributed by atoms with Gasteiger partial charge in [-0.2, -0.15) is 0 Å². The Labute approximate surface area is 125 Å². The summed E-state index contributed by atoms with van der Waals surface area (Å²) in [6.45, 7) is 1.91. The number of benzene rings is 1. The van der Waals surface area contributed by atoms with Crippen LogP contribution in [0.3, 0.4) is 0 Å². The topological polar surface area (TPSA) is 81.4 Å². The third-order valence-corrected chi connectivity index (χ3v) is 3.33. The van der Waals surface area contributed by atoms with Crippen LogP contribution in [-0.2, 0) is 14.3 Å². The van der Waals surface area contributed by atoms with Gasteiger partial charge in [0.15, 0.2) is 0 Å². The second kappa shape index (κ2) is 8.58. The predicted molar refractivity (Wildman–Crippen MR) is 76.9 cm³/mol. The molecule has 8 heteroatoms. The maximum Gasteiger partial charge on any atom is 0.323 e. The summed E-state index contributed by atoms with van der Waals surface area (Å²) in [5.41, 5.74) is 5.59. The zero-order valence-electron chi connectivity index (χ0n) is 11.4. The molecule has 1 atom stereocenters. The first-order valence-electron chi connectivity index (χ1n) is 6.18. The molecule has 5 nitrogen and oxygen atoms in total. The van der Waals surface area contributed by atoms with Crippen LogP contribution in [0.25, 0.3) is 0 Å². The molecule has 116 valence electrons. The number of carbonyl (C=O) groups is 2. The summed E-state index contributed by atoms with van der Waals surface area (Å²) in [5.74, 6) is -2.31. The Morgan fingerprint density at radius 1 is 1.33 bits per heavy atom. The summed E-state index contributed by atoms with van der Waals surface area (Å²) in [7, 11) is 0. The normalized spacial score (nSPS) is 11.8. The number of ether oxygens (including phenoxy) is 1. The van der Waals surface area contributed by atoms with Crippen LogP contribution in [0.15, 0.2) is 18.2 Å². The van der Waals surface area contributed by atoms with Crippen LogP contribution in [0.4, 0.5) is 14.5 Å².